The van der Waals surface area contributed by atoms with Gasteiger partial charge >= 0.3 is 0 Å². The summed E-state index contributed by atoms with van der Waals surface area (Å²) < 4.78 is 28.0. The fourth-order valence-corrected chi connectivity index (χ4v) is 3.54. The van der Waals surface area contributed by atoms with Crippen molar-refractivity contribution >= 4 is 27.7 Å². The Kier molecular flexibility index (Phi) is 3.40. The fraction of sp³-hybridized carbons (Fsp3) is 0.364. The lowest BCUT2D eigenvalue weighted by atomic mass is 10.2. The van der Waals surface area contributed by atoms with E-state index in [0.29, 0.717) is 29.0 Å². The van der Waals surface area contributed by atoms with Gasteiger partial charge in [0.15, 0.2) is 9.84 Å². The minimum atomic E-state index is -2.97. The number of benzene rings is 1. The van der Waals surface area contributed by atoms with Gasteiger partial charge in [-0.15, -0.1) is 0 Å². The minimum absolute atomic E-state index is 0.0265. The molecular weight excluding hydrogens is 264 g/mol. The van der Waals surface area contributed by atoms with Gasteiger partial charge in [0.05, 0.1) is 16.5 Å². The molecule has 1 aliphatic heterocycles. The van der Waals surface area contributed by atoms with E-state index in [1.807, 2.05) is 0 Å². The van der Waals surface area contributed by atoms with E-state index in [-0.39, 0.29) is 17.6 Å². The van der Waals surface area contributed by atoms with Crippen molar-refractivity contribution in [3.05, 3.63) is 28.8 Å². The van der Waals surface area contributed by atoms with E-state index < -0.39 is 9.84 Å². The molecule has 0 aliphatic carbocycles. The van der Waals surface area contributed by atoms with E-state index in [1.165, 1.54) is 6.07 Å². The third-order valence-corrected chi connectivity index (χ3v) is 4.61. The molecule has 2 rings (SSSR count). The Morgan fingerprint density at radius 1 is 1.41 bits per heavy atom. The molecule has 1 aromatic rings. The predicted octanol–water partition coefficient (Wildman–Crippen LogP) is 1.72. The molecule has 0 spiro atoms. The standard InChI is InChI=1S/C11H11ClO4S/c12-10-5-8(6-13)1-2-11(10)16-9-3-4-17(14,15)7-9/h1-2,5-6,9H,3-4,7H2. The second-order valence-corrected chi connectivity index (χ2v) is 6.59. The predicted molar refractivity (Wildman–Crippen MR) is 64.5 cm³/mol. The minimum Gasteiger partial charge on any atom is -0.488 e. The Morgan fingerprint density at radius 3 is 2.71 bits per heavy atom. The lowest BCUT2D eigenvalue weighted by Crippen LogP contribution is -2.17. The van der Waals surface area contributed by atoms with Gasteiger partial charge in [-0.25, -0.2) is 8.42 Å². The maximum atomic E-state index is 11.3. The highest BCUT2D eigenvalue weighted by atomic mass is 35.5. The summed E-state index contributed by atoms with van der Waals surface area (Å²) in [5.41, 5.74) is 0.460. The van der Waals surface area contributed by atoms with Crippen LogP contribution in [0.3, 0.4) is 0 Å². The quantitative estimate of drug-likeness (QED) is 0.788. The molecule has 0 aromatic heterocycles. The highest BCUT2D eigenvalue weighted by Gasteiger charge is 2.29. The van der Waals surface area contributed by atoms with E-state index in [9.17, 15) is 13.2 Å². The molecule has 6 heteroatoms. The Hall–Kier alpha value is -1.07. The van der Waals surface area contributed by atoms with E-state index in [1.54, 1.807) is 12.1 Å². The molecule has 1 unspecified atom stereocenters. The molecule has 0 radical (unpaired) electrons. The highest BCUT2D eigenvalue weighted by Crippen LogP contribution is 2.28. The van der Waals surface area contributed by atoms with Crippen molar-refractivity contribution < 1.29 is 17.9 Å². The zero-order valence-corrected chi connectivity index (χ0v) is 10.5. The van der Waals surface area contributed by atoms with Gasteiger partial charge in [-0.2, -0.15) is 0 Å². The number of hydrogen-bond donors (Lipinski definition) is 0. The molecule has 1 fully saturated rings. The Morgan fingerprint density at radius 2 is 2.18 bits per heavy atom. The molecule has 0 bridgehead atoms. The lowest BCUT2D eigenvalue weighted by molar-refractivity contribution is 0.112. The zero-order chi connectivity index (χ0) is 12.5. The molecule has 4 nitrogen and oxygen atoms in total. The van der Waals surface area contributed by atoms with Gasteiger partial charge in [-0.3, -0.25) is 4.79 Å². The van der Waals surface area contributed by atoms with Crippen LogP contribution in [0.4, 0.5) is 0 Å². The van der Waals surface area contributed by atoms with Crippen LogP contribution in [0.15, 0.2) is 18.2 Å². The monoisotopic (exact) mass is 274 g/mol. The van der Waals surface area contributed by atoms with E-state index in [0.717, 1.165) is 0 Å². The topological polar surface area (TPSA) is 60.4 Å². The second kappa shape index (κ2) is 4.66. The van der Waals surface area contributed by atoms with Crippen LogP contribution in [0, 0.1) is 0 Å². The zero-order valence-electron chi connectivity index (χ0n) is 8.93. The maximum Gasteiger partial charge on any atom is 0.154 e. The molecule has 0 amide bonds. The first-order valence-electron chi connectivity index (χ1n) is 5.12. The van der Waals surface area contributed by atoms with Gasteiger partial charge in [0.1, 0.15) is 18.1 Å². The average molecular weight is 275 g/mol. The molecule has 17 heavy (non-hydrogen) atoms. The highest BCUT2D eigenvalue weighted by molar-refractivity contribution is 7.91. The van der Waals surface area contributed by atoms with Gasteiger partial charge in [-0.1, -0.05) is 11.6 Å². The average Bonchev–Trinajstić information content (AvgIpc) is 2.61. The van der Waals surface area contributed by atoms with Crippen molar-refractivity contribution in [2.45, 2.75) is 12.5 Å². The van der Waals surface area contributed by atoms with Gasteiger partial charge < -0.3 is 4.74 Å². The van der Waals surface area contributed by atoms with Crippen molar-refractivity contribution in [1.29, 1.82) is 0 Å². The molecule has 1 atom stereocenters. The van der Waals surface area contributed by atoms with Crippen LogP contribution in [0.25, 0.3) is 0 Å². The number of rotatable bonds is 3. The number of sulfone groups is 1. The molecule has 1 aliphatic rings. The molecule has 1 saturated heterocycles. The van der Waals surface area contributed by atoms with E-state index in [4.69, 9.17) is 16.3 Å². The van der Waals surface area contributed by atoms with Crippen LogP contribution in [-0.4, -0.2) is 32.3 Å². The number of carbonyl (C=O) groups excluding carboxylic acids is 1. The van der Waals surface area contributed by atoms with Crippen LogP contribution in [0.2, 0.25) is 5.02 Å². The summed E-state index contributed by atoms with van der Waals surface area (Å²) in [5, 5.41) is 0.318. The first-order valence-corrected chi connectivity index (χ1v) is 7.32. The largest absolute Gasteiger partial charge is 0.488 e. The molecule has 1 heterocycles. The van der Waals surface area contributed by atoms with Gasteiger partial charge in [0.2, 0.25) is 0 Å². The van der Waals surface area contributed by atoms with E-state index >= 15 is 0 Å². The normalized spacial score (nSPS) is 22.3. The lowest BCUT2D eigenvalue weighted by Gasteiger charge is -2.13. The summed E-state index contributed by atoms with van der Waals surface area (Å²) in [6.07, 6.45) is 0.823. The Labute approximate surface area is 104 Å². The van der Waals surface area contributed by atoms with Gasteiger partial charge in [-0.05, 0) is 24.6 Å². The maximum absolute atomic E-state index is 11.3. The first kappa shape index (κ1) is 12.4. The summed E-state index contributed by atoms with van der Waals surface area (Å²) in [6, 6.07) is 4.65. The number of halogens is 1. The summed E-state index contributed by atoms with van der Waals surface area (Å²) in [7, 11) is -2.97. The van der Waals surface area contributed by atoms with Crippen LogP contribution in [0.5, 0.6) is 5.75 Å². The summed E-state index contributed by atoms with van der Waals surface area (Å²) >= 11 is 5.92. The Balaban J connectivity index is 2.12. The summed E-state index contributed by atoms with van der Waals surface area (Å²) in [6.45, 7) is 0. The molecule has 0 saturated carbocycles. The van der Waals surface area contributed by atoms with Crippen molar-refractivity contribution in [2.75, 3.05) is 11.5 Å². The number of hydrogen-bond acceptors (Lipinski definition) is 4. The molecular formula is C11H11ClO4S. The van der Waals surface area contributed by atoms with Gasteiger partial charge in [0.25, 0.3) is 0 Å². The molecule has 0 N–H and O–H groups in total. The van der Waals surface area contributed by atoms with Crippen LogP contribution in [0.1, 0.15) is 16.8 Å². The second-order valence-electron chi connectivity index (χ2n) is 3.95. The van der Waals surface area contributed by atoms with Crippen LogP contribution >= 0.6 is 11.6 Å². The number of aldehydes is 1. The summed E-state index contributed by atoms with van der Waals surface area (Å²) in [4.78, 5) is 10.5. The Bertz CT molecular complexity index is 538. The van der Waals surface area contributed by atoms with E-state index in [2.05, 4.69) is 0 Å². The smallest absolute Gasteiger partial charge is 0.154 e. The number of carbonyl (C=O) groups is 1. The van der Waals surface area contributed by atoms with Crippen molar-refractivity contribution in [3.8, 4) is 5.75 Å². The van der Waals surface area contributed by atoms with Gasteiger partial charge in [0, 0.05) is 5.56 Å². The van der Waals surface area contributed by atoms with Crippen LogP contribution in [-0.2, 0) is 9.84 Å². The van der Waals surface area contributed by atoms with Crippen molar-refractivity contribution in [3.63, 3.8) is 0 Å². The van der Waals surface area contributed by atoms with Crippen LogP contribution < -0.4 is 4.74 Å². The van der Waals surface area contributed by atoms with Crippen molar-refractivity contribution in [1.82, 2.24) is 0 Å². The van der Waals surface area contributed by atoms with Crippen molar-refractivity contribution in [2.24, 2.45) is 0 Å². The number of ether oxygens (including phenoxy) is 1. The molecule has 92 valence electrons. The fourth-order valence-electron chi connectivity index (χ4n) is 1.72. The third-order valence-electron chi connectivity index (χ3n) is 2.58. The SMILES string of the molecule is O=Cc1ccc(OC2CCS(=O)(=O)C2)c(Cl)c1. The first-order chi connectivity index (χ1) is 8.00. The summed E-state index contributed by atoms with van der Waals surface area (Å²) in [5.74, 6) is 0.597. The third kappa shape index (κ3) is 2.98. The molecule has 1 aromatic carbocycles.